The largest absolute Gasteiger partial charge is 0.489 e. The smallest absolute Gasteiger partial charge is 0.231 e. The summed E-state index contributed by atoms with van der Waals surface area (Å²) in [5.74, 6) is 1.43. The summed E-state index contributed by atoms with van der Waals surface area (Å²) in [5.41, 5.74) is 4.69. The highest BCUT2D eigenvalue weighted by atomic mass is 16.5. The zero-order valence-electron chi connectivity index (χ0n) is 11.1. The molecule has 0 fully saturated rings. The van der Waals surface area contributed by atoms with E-state index >= 15 is 0 Å². The van der Waals surface area contributed by atoms with E-state index in [1.54, 1.807) is 0 Å². The Kier molecular flexibility index (Phi) is 2.42. The zero-order chi connectivity index (χ0) is 13.5. The van der Waals surface area contributed by atoms with Crippen LogP contribution in [0.1, 0.15) is 5.56 Å². The number of nitrogens with zero attached hydrogens (tertiary/aromatic N) is 1. The minimum absolute atomic E-state index is 0.606. The Morgan fingerprint density at radius 3 is 2.95 bits per heavy atom. The minimum atomic E-state index is 0.606. The van der Waals surface area contributed by atoms with Crippen molar-refractivity contribution in [3.05, 3.63) is 42.0 Å². The Morgan fingerprint density at radius 1 is 1.15 bits per heavy atom. The third kappa shape index (κ3) is 1.65. The standard InChI is InChI=1S/C16H14N2O2/c1-10-4-2-7-13-14(10)20-16(18-13)11-5-3-6-12-15(11)19-9-8-17-12/h2-7,17H,8-9H2,1H3. The fourth-order valence-corrected chi connectivity index (χ4v) is 2.54. The van der Waals surface area contributed by atoms with Crippen molar-refractivity contribution in [1.82, 2.24) is 4.98 Å². The highest BCUT2D eigenvalue weighted by Gasteiger charge is 2.19. The Bertz CT molecular complexity index is 792. The van der Waals surface area contributed by atoms with Crippen molar-refractivity contribution in [3.8, 4) is 17.2 Å². The molecule has 0 atom stereocenters. The van der Waals surface area contributed by atoms with Crippen LogP contribution in [0.15, 0.2) is 40.8 Å². The van der Waals surface area contributed by atoms with Crippen LogP contribution < -0.4 is 10.1 Å². The van der Waals surface area contributed by atoms with Gasteiger partial charge in [-0.2, -0.15) is 0 Å². The third-order valence-electron chi connectivity index (χ3n) is 3.52. The van der Waals surface area contributed by atoms with Gasteiger partial charge in [-0.3, -0.25) is 0 Å². The summed E-state index contributed by atoms with van der Waals surface area (Å²) in [6.07, 6.45) is 0. The molecule has 2 aromatic carbocycles. The van der Waals surface area contributed by atoms with Gasteiger partial charge in [0.1, 0.15) is 12.1 Å². The highest BCUT2D eigenvalue weighted by Crippen LogP contribution is 2.38. The first-order chi connectivity index (χ1) is 9.83. The molecule has 4 nitrogen and oxygen atoms in total. The summed E-state index contributed by atoms with van der Waals surface area (Å²) in [4.78, 5) is 4.58. The third-order valence-corrected chi connectivity index (χ3v) is 3.52. The minimum Gasteiger partial charge on any atom is -0.489 e. The van der Waals surface area contributed by atoms with Gasteiger partial charge in [-0.15, -0.1) is 0 Å². The second-order valence-corrected chi connectivity index (χ2v) is 4.90. The molecule has 100 valence electrons. The molecule has 0 aliphatic carbocycles. The average Bonchev–Trinajstić information content (AvgIpc) is 2.92. The molecule has 0 bridgehead atoms. The lowest BCUT2D eigenvalue weighted by Crippen LogP contribution is -2.18. The van der Waals surface area contributed by atoms with Crippen molar-refractivity contribution in [2.24, 2.45) is 0 Å². The SMILES string of the molecule is Cc1cccc2nc(-c3cccc4c3OCCN4)oc12. The van der Waals surface area contributed by atoms with E-state index < -0.39 is 0 Å². The fraction of sp³-hybridized carbons (Fsp3) is 0.188. The molecule has 4 rings (SSSR count). The van der Waals surface area contributed by atoms with Crippen molar-refractivity contribution in [1.29, 1.82) is 0 Å². The normalized spacial score (nSPS) is 13.7. The van der Waals surface area contributed by atoms with Crippen LogP contribution in [0.2, 0.25) is 0 Å². The number of oxazole rings is 1. The molecule has 1 aliphatic heterocycles. The number of hydrogen-bond acceptors (Lipinski definition) is 4. The second-order valence-electron chi connectivity index (χ2n) is 4.90. The van der Waals surface area contributed by atoms with Crippen LogP contribution in [-0.2, 0) is 0 Å². The molecule has 20 heavy (non-hydrogen) atoms. The molecule has 1 aliphatic rings. The molecule has 0 unspecified atom stereocenters. The van der Waals surface area contributed by atoms with E-state index in [9.17, 15) is 0 Å². The Labute approximate surface area is 116 Å². The molecule has 1 aromatic heterocycles. The number of nitrogens with one attached hydrogen (secondary N) is 1. The van der Waals surface area contributed by atoms with Gasteiger partial charge in [-0.1, -0.05) is 18.2 Å². The second kappa shape index (κ2) is 4.27. The summed E-state index contributed by atoms with van der Waals surface area (Å²) in [6.45, 7) is 3.50. The molecule has 3 aromatic rings. The monoisotopic (exact) mass is 266 g/mol. The van der Waals surface area contributed by atoms with E-state index in [1.165, 1.54) is 0 Å². The fourth-order valence-electron chi connectivity index (χ4n) is 2.54. The molecule has 2 heterocycles. The van der Waals surface area contributed by atoms with Gasteiger partial charge in [-0.05, 0) is 30.7 Å². The number of fused-ring (bicyclic) bond motifs is 2. The van der Waals surface area contributed by atoms with Crippen LogP contribution in [-0.4, -0.2) is 18.1 Å². The number of hydrogen-bond donors (Lipinski definition) is 1. The van der Waals surface area contributed by atoms with Gasteiger partial charge in [0, 0.05) is 6.54 Å². The van der Waals surface area contributed by atoms with E-state index in [1.807, 2.05) is 43.3 Å². The Balaban J connectivity index is 1.93. The number of aryl methyl sites for hydroxylation is 1. The first-order valence-electron chi connectivity index (χ1n) is 6.69. The van der Waals surface area contributed by atoms with Crippen LogP contribution in [0.25, 0.3) is 22.6 Å². The molecular weight excluding hydrogens is 252 g/mol. The highest BCUT2D eigenvalue weighted by molar-refractivity contribution is 5.82. The topological polar surface area (TPSA) is 47.3 Å². The van der Waals surface area contributed by atoms with Crippen LogP contribution in [0, 0.1) is 6.92 Å². The molecule has 0 radical (unpaired) electrons. The predicted octanol–water partition coefficient (Wildman–Crippen LogP) is 3.61. The maximum Gasteiger partial charge on any atom is 0.231 e. The number of aromatic nitrogens is 1. The number of rotatable bonds is 1. The summed E-state index contributed by atoms with van der Waals surface area (Å²) in [5, 5.41) is 3.32. The van der Waals surface area contributed by atoms with Gasteiger partial charge in [0.25, 0.3) is 0 Å². The number of anilines is 1. The van der Waals surface area contributed by atoms with Crippen molar-refractivity contribution < 1.29 is 9.15 Å². The number of benzene rings is 2. The van der Waals surface area contributed by atoms with Crippen LogP contribution in [0.4, 0.5) is 5.69 Å². The first-order valence-corrected chi connectivity index (χ1v) is 6.69. The van der Waals surface area contributed by atoms with E-state index in [0.29, 0.717) is 12.5 Å². The molecule has 4 heteroatoms. The van der Waals surface area contributed by atoms with Crippen molar-refractivity contribution in [2.75, 3.05) is 18.5 Å². The maximum absolute atomic E-state index is 5.93. The summed E-state index contributed by atoms with van der Waals surface area (Å²) < 4.78 is 11.7. The molecule has 0 amide bonds. The lowest BCUT2D eigenvalue weighted by atomic mass is 10.1. The molecule has 0 spiro atoms. The van der Waals surface area contributed by atoms with Gasteiger partial charge in [0.15, 0.2) is 11.3 Å². The van der Waals surface area contributed by atoms with Gasteiger partial charge >= 0.3 is 0 Å². The Hall–Kier alpha value is -2.49. The van der Waals surface area contributed by atoms with E-state index in [0.717, 1.165) is 40.2 Å². The van der Waals surface area contributed by atoms with Crippen LogP contribution in [0.5, 0.6) is 5.75 Å². The van der Waals surface area contributed by atoms with Crippen molar-refractivity contribution in [2.45, 2.75) is 6.92 Å². The molecule has 0 saturated heterocycles. The zero-order valence-corrected chi connectivity index (χ0v) is 11.1. The lowest BCUT2D eigenvalue weighted by Gasteiger charge is -2.20. The molecular formula is C16H14N2O2. The first kappa shape index (κ1) is 11.3. The maximum atomic E-state index is 5.93. The Morgan fingerprint density at radius 2 is 2.05 bits per heavy atom. The quantitative estimate of drug-likeness (QED) is 0.731. The average molecular weight is 266 g/mol. The lowest BCUT2D eigenvalue weighted by molar-refractivity contribution is 0.324. The van der Waals surface area contributed by atoms with E-state index in [4.69, 9.17) is 9.15 Å². The number of ether oxygens (including phenoxy) is 1. The van der Waals surface area contributed by atoms with Gasteiger partial charge < -0.3 is 14.5 Å². The van der Waals surface area contributed by atoms with E-state index in [-0.39, 0.29) is 0 Å². The summed E-state index contributed by atoms with van der Waals surface area (Å²) >= 11 is 0. The van der Waals surface area contributed by atoms with Gasteiger partial charge in [0.05, 0.1) is 11.3 Å². The summed E-state index contributed by atoms with van der Waals surface area (Å²) in [7, 11) is 0. The number of para-hydroxylation sites is 2. The summed E-state index contributed by atoms with van der Waals surface area (Å²) in [6, 6.07) is 11.9. The predicted molar refractivity (Wildman–Crippen MR) is 78.2 cm³/mol. The van der Waals surface area contributed by atoms with Crippen LogP contribution >= 0.6 is 0 Å². The van der Waals surface area contributed by atoms with Gasteiger partial charge in [-0.25, -0.2) is 4.98 Å². The molecule has 1 N–H and O–H groups in total. The van der Waals surface area contributed by atoms with Crippen LogP contribution in [0.3, 0.4) is 0 Å². The van der Waals surface area contributed by atoms with Crippen molar-refractivity contribution in [3.63, 3.8) is 0 Å². The molecule has 0 saturated carbocycles. The van der Waals surface area contributed by atoms with Crippen molar-refractivity contribution >= 4 is 16.8 Å². The van der Waals surface area contributed by atoms with Gasteiger partial charge in [0.2, 0.25) is 5.89 Å². The van der Waals surface area contributed by atoms with E-state index in [2.05, 4.69) is 10.3 Å².